The fraction of sp³-hybridized carbons (Fsp3) is 0.583. The van der Waals surface area contributed by atoms with E-state index in [0.717, 1.165) is 22.6 Å². The molecule has 1 aromatic rings. The zero-order valence-electron chi connectivity index (χ0n) is 11.8. The Morgan fingerprint density at radius 1 is 1.57 bits per heavy atom. The molecule has 118 valence electrons. The van der Waals surface area contributed by atoms with E-state index in [2.05, 4.69) is 5.32 Å². The average molecular weight is 350 g/mol. The Morgan fingerprint density at radius 3 is 2.86 bits per heavy atom. The highest BCUT2D eigenvalue weighted by molar-refractivity contribution is 8.02. The summed E-state index contributed by atoms with van der Waals surface area (Å²) < 4.78 is 29.2. The van der Waals surface area contributed by atoms with Crippen LogP contribution < -0.4 is 10.5 Å². The molecule has 2 heterocycles. The van der Waals surface area contributed by atoms with Crippen molar-refractivity contribution in [3.8, 4) is 0 Å². The molecule has 9 heteroatoms. The summed E-state index contributed by atoms with van der Waals surface area (Å²) in [5.41, 5.74) is 0.845. The number of nitrogens with one attached hydrogen (secondary N) is 1. The summed E-state index contributed by atoms with van der Waals surface area (Å²) in [4.78, 5) is 11.4. The number of ether oxygens (including phenoxy) is 1. The van der Waals surface area contributed by atoms with Crippen LogP contribution in [0.5, 0.6) is 0 Å². The molecule has 0 aromatic carbocycles. The molecule has 0 spiro atoms. The smallest absolute Gasteiger partial charge is 0.247 e. The van der Waals surface area contributed by atoms with Crippen LogP contribution in [-0.2, 0) is 19.6 Å². The molecule has 0 saturated heterocycles. The van der Waals surface area contributed by atoms with E-state index in [1.807, 2.05) is 0 Å². The number of carbonyl (C=O) groups is 1. The number of hydrogen-bond donors (Lipinski definition) is 2. The van der Waals surface area contributed by atoms with Crippen LogP contribution >= 0.6 is 23.1 Å². The van der Waals surface area contributed by atoms with Crippen LogP contribution in [0.4, 0.5) is 0 Å². The van der Waals surface area contributed by atoms with Gasteiger partial charge in [0.2, 0.25) is 15.9 Å². The number of primary sulfonamides is 1. The third kappa shape index (κ3) is 4.19. The molecule has 21 heavy (non-hydrogen) atoms. The number of carbonyl (C=O) groups excluding carboxylic acids is 1. The van der Waals surface area contributed by atoms with Crippen molar-refractivity contribution in [1.82, 2.24) is 5.32 Å². The van der Waals surface area contributed by atoms with Gasteiger partial charge in [-0.25, -0.2) is 13.6 Å². The predicted molar refractivity (Wildman–Crippen MR) is 83.0 cm³/mol. The quantitative estimate of drug-likeness (QED) is 0.838. The third-order valence-electron chi connectivity index (χ3n) is 3.15. The van der Waals surface area contributed by atoms with Gasteiger partial charge < -0.3 is 10.1 Å². The minimum atomic E-state index is -3.72. The lowest BCUT2D eigenvalue weighted by atomic mass is 10.0. The van der Waals surface area contributed by atoms with Crippen molar-refractivity contribution in [1.29, 1.82) is 0 Å². The lowest BCUT2D eigenvalue weighted by Crippen LogP contribution is -2.31. The number of amides is 1. The molecular weight excluding hydrogens is 332 g/mol. The number of rotatable bonds is 5. The molecular formula is C12H18N2O4S3. The number of thioether (sulfide) groups is 1. The molecule has 6 nitrogen and oxygen atoms in total. The fourth-order valence-electron chi connectivity index (χ4n) is 2.24. The Labute approximate surface area is 132 Å². The highest BCUT2D eigenvalue weighted by Crippen LogP contribution is 2.47. The van der Waals surface area contributed by atoms with E-state index in [9.17, 15) is 13.2 Å². The van der Waals surface area contributed by atoms with E-state index in [4.69, 9.17) is 9.88 Å². The maximum Gasteiger partial charge on any atom is 0.247 e. The maximum atomic E-state index is 11.5. The van der Waals surface area contributed by atoms with Gasteiger partial charge in [0.25, 0.3) is 0 Å². The number of fused-ring (bicyclic) bond motifs is 1. The summed E-state index contributed by atoms with van der Waals surface area (Å²) in [7, 11) is -2.07. The third-order valence-corrected chi connectivity index (χ3v) is 7.27. The van der Waals surface area contributed by atoms with Crippen molar-refractivity contribution in [2.24, 2.45) is 5.14 Å². The van der Waals surface area contributed by atoms with Gasteiger partial charge in [0.05, 0.1) is 10.3 Å². The summed E-state index contributed by atoms with van der Waals surface area (Å²) in [6, 6.07) is 1.41. The molecule has 0 bridgehead atoms. The first-order valence-electron chi connectivity index (χ1n) is 6.40. The molecule has 2 atom stereocenters. The largest absolute Gasteiger partial charge is 0.385 e. The second kappa shape index (κ2) is 6.66. The van der Waals surface area contributed by atoms with E-state index in [1.54, 1.807) is 24.9 Å². The van der Waals surface area contributed by atoms with E-state index < -0.39 is 10.0 Å². The van der Waals surface area contributed by atoms with Gasteiger partial charge in [0.15, 0.2) is 0 Å². The molecule has 1 aliphatic heterocycles. The topological polar surface area (TPSA) is 98.5 Å². The Kier molecular flexibility index (Phi) is 5.31. The van der Waals surface area contributed by atoms with E-state index >= 15 is 0 Å². The zero-order valence-corrected chi connectivity index (χ0v) is 14.2. The summed E-state index contributed by atoms with van der Waals surface area (Å²) in [6.45, 7) is 2.09. The van der Waals surface area contributed by atoms with Crippen molar-refractivity contribution >= 4 is 39.0 Å². The standard InChI is InChI=1S/C12H18N2O4S3/c1-7(15)14-10-5-8(3-4-18-2)19-12-9(10)6-11(20-12)21(13,16)17/h6,8,10H,3-5H2,1-2H3,(H,14,15)(H2,13,16,17). The highest BCUT2D eigenvalue weighted by atomic mass is 32.3. The van der Waals surface area contributed by atoms with E-state index in [0.29, 0.717) is 6.61 Å². The van der Waals surface area contributed by atoms with Gasteiger partial charge in [-0.2, -0.15) is 0 Å². The highest BCUT2D eigenvalue weighted by Gasteiger charge is 2.31. The molecule has 0 aliphatic carbocycles. The second-order valence-corrected chi connectivity index (χ2v) is 9.27. The minimum Gasteiger partial charge on any atom is -0.385 e. The van der Waals surface area contributed by atoms with Crippen LogP contribution in [0.25, 0.3) is 0 Å². The molecule has 1 aromatic heterocycles. The van der Waals surface area contributed by atoms with Crippen LogP contribution in [0.15, 0.2) is 14.5 Å². The number of sulfonamides is 1. The van der Waals surface area contributed by atoms with Crippen LogP contribution in [-0.4, -0.2) is 33.3 Å². The summed E-state index contributed by atoms with van der Waals surface area (Å²) in [5, 5.41) is 8.36. The van der Waals surface area contributed by atoms with Crippen molar-refractivity contribution in [2.45, 2.75) is 39.5 Å². The van der Waals surface area contributed by atoms with Gasteiger partial charge in [-0.05, 0) is 18.9 Å². The SMILES string of the molecule is COCCC1CC(NC(C)=O)c2cc(S(N)(=O)=O)sc2S1. The van der Waals surface area contributed by atoms with Gasteiger partial charge in [-0.15, -0.1) is 23.1 Å². The number of nitrogens with two attached hydrogens (primary N) is 1. The number of methoxy groups -OCH3 is 1. The Balaban J connectivity index is 2.30. The first-order chi connectivity index (χ1) is 9.81. The van der Waals surface area contributed by atoms with Gasteiger partial charge in [0.1, 0.15) is 4.21 Å². The lowest BCUT2D eigenvalue weighted by Gasteiger charge is -2.29. The van der Waals surface area contributed by atoms with E-state index in [1.165, 1.54) is 18.3 Å². The average Bonchev–Trinajstić information content (AvgIpc) is 2.79. The lowest BCUT2D eigenvalue weighted by molar-refractivity contribution is -0.119. The Hall–Kier alpha value is -0.610. The molecule has 1 amide bonds. The van der Waals surface area contributed by atoms with Crippen LogP contribution in [0.1, 0.15) is 31.4 Å². The van der Waals surface area contributed by atoms with Gasteiger partial charge in [-0.3, -0.25) is 4.79 Å². The summed E-state index contributed by atoms with van der Waals surface area (Å²) in [5.74, 6) is -0.133. The van der Waals surface area contributed by atoms with Gasteiger partial charge in [-0.1, -0.05) is 0 Å². The molecule has 3 N–H and O–H groups in total. The van der Waals surface area contributed by atoms with Crippen molar-refractivity contribution < 1.29 is 17.9 Å². The number of hydrogen-bond acceptors (Lipinski definition) is 6. The van der Waals surface area contributed by atoms with E-state index in [-0.39, 0.29) is 21.4 Å². The first kappa shape index (κ1) is 16.8. The van der Waals surface area contributed by atoms with Crippen LogP contribution in [0, 0.1) is 0 Å². The summed E-state index contributed by atoms with van der Waals surface area (Å²) >= 11 is 2.80. The molecule has 2 rings (SSSR count). The Bertz CT molecular complexity index is 626. The van der Waals surface area contributed by atoms with Crippen LogP contribution in [0.2, 0.25) is 0 Å². The minimum absolute atomic E-state index is 0.133. The molecule has 2 unspecified atom stereocenters. The molecule has 0 radical (unpaired) electrons. The Morgan fingerprint density at radius 2 is 2.29 bits per heavy atom. The van der Waals surface area contributed by atoms with Crippen molar-refractivity contribution in [3.05, 3.63) is 11.6 Å². The molecule has 0 saturated carbocycles. The van der Waals surface area contributed by atoms with Gasteiger partial charge >= 0.3 is 0 Å². The maximum absolute atomic E-state index is 11.5. The van der Waals surface area contributed by atoms with Crippen LogP contribution in [0.3, 0.4) is 0 Å². The number of thiophene rings is 1. The predicted octanol–water partition coefficient (Wildman–Crippen LogP) is 1.47. The monoisotopic (exact) mass is 350 g/mol. The summed E-state index contributed by atoms with van der Waals surface area (Å²) in [6.07, 6.45) is 1.60. The second-order valence-electron chi connectivity index (χ2n) is 4.86. The normalized spacial score (nSPS) is 21.9. The van der Waals surface area contributed by atoms with Crippen molar-refractivity contribution in [3.63, 3.8) is 0 Å². The molecule has 0 fully saturated rings. The fourth-order valence-corrected chi connectivity index (χ4v) is 6.10. The molecule has 1 aliphatic rings. The first-order valence-corrected chi connectivity index (χ1v) is 9.64. The zero-order chi connectivity index (χ0) is 15.6. The van der Waals surface area contributed by atoms with Gasteiger partial charge in [0, 0.05) is 31.5 Å². The van der Waals surface area contributed by atoms with Crippen molar-refractivity contribution in [2.75, 3.05) is 13.7 Å².